The molecule has 0 saturated carbocycles. The van der Waals surface area contributed by atoms with E-state index in [0.717, 1.165) is 24.8 Å². The van der Waals surface area contributed by atoms with Gasteiger partial charge in [-0.05, 0) is 42.3 Å². The minimum Gasteiger partial charge on any atom is -0.387 e. The molecule has 1 aliphatic rings. The average Bonchev–Trinajstić information content (AvgIpc) is 2.96. The van der Waals surface area contributed by atoms with Crippen molar-refractivity contribution >= 4 is 27.0 Å². The first-order chi connectivity index (χ1) is 10.1. The summed E-state index contributed by atoms with van der Waals surface area (Å²) >= 11 is 1.70. The zero-order valence-corrected chi connectivity index (χ0v) is 13.3. The van der Waals surface area contributed by atoms with Crippen molar-refractivity contribution in [2.45, 2.75) is 30.2 Å². The summed E-state index contributed by atoms with van der Waals surface area (Å²) in [4.78, 5) is 5.41. The Morgan fingerprint density at radius 1 is 1.38 bits per heavy atom. The molecule has 5 nitrogen and oxygen atoms in total. The molecular weight excluding hydrogens is 306 g/mol. The number of aromatic nitrogens is 1. The quantitative estimate of drug-likeness (QED) is 0.907. The van der Waals surface area contributed by atoms with Gasteiger partial charge >= 0.3 is 0 Å². The zero-order valence-electron chi connectivity index (χ0n) is 11.7. The van der Waals surface area contributed by atoms with Gasteiger partial charge in [-0.25, -0.2) is 13.1 Å². The van der Waals surface area contributed by atoms with Crippen LogP contribution in [0.2, 0.25) is 0 Å². The van der Waals surface area contributed by atoms with Crippen molar-refractivity contribution in [3.05, 3.63) is 40.3 Å². The zero-order chi connectivity index (χ0) is 14.9. The summed E-state index contributed by atoms with van der Waals surface area (Å²) in [5.41, 5.74) is 1.67. The number of sulfonamides is 1. The molecular formula is C14H17N3O2S2. The first-order valence-electron chi connectivity index (χ1n) is 6.82. The molecule has 1 aliphatic carbocycles. The number of fused-ring (bicyclic) bond motifs is 1. The van der Waals surface area contributed by atoms with Crippen LogP contribution in [0, 0.1) is 0 Å². The highest BCUT2D eigenvalue weighted by Crippen LogP contribution is 2.34. The summed E-state index contributed by atoms with van der Waals surface area (Å²) in [5.74, 6) is 0. The second-order valence-electron chi connectivity index (χ2n) is 4.99. The molecule has 0 fully saturated rings. The maximum absolute atomic E-state index is 12.6. The number of nitrogens with one attached hydrogen (secondary N) is 2. The number of pyridine rings is 1. The number of rotatable bonds is 4. The van der Waals surface area contributed by atoms with Gasteiger partial charge in [0, 0.05) is 30.4 Å². The standard InChI is InChI=1S/C14H17N3O2S2/c1-15-12-5-7-16-9-14(12)21(18,19)17-11-3-2-4-13-10(11)6-8-20-13/h5-9,11,17H,2-4H2,1H3,(H,15,16). The molecule has 2 heterocycles. The van der Waals surface area contributed by atoms with Crippen molar-refractivity contribution in [3.63, 3.8) is 0 Å². The molecule has 0 bridgehead atoms. The van der Waals surface area contributed by atoms with E-state index < -0.39 is 10.0 Å². The molecule has 0 aromatic carbocycles. The van der Waals surface area contributed by atoms with Crippen LogP contribution in [-0.2, 0) is 16.4 Å². The van der Waals surface area contributed by atoms with E-state index in [2.05, 4.69) is 15.0 Å². The summed E-state index contributed by atoms with van der Waals surface area (Å²) in [6, 6.07) is 3.54. The summed E-state index contributed by atoms with van der Waals surface area (Å²) in [6.07, 6.45) is 5.83. The topological polar surface area (TPSA) is 71.1 Å². The molecule has 2 aromatic rings. The van der Waals surface area contributed by atoms with E-state index in [0.29, 0.717) is 5.69 Å². The number of hydrogen-bond donors (Lipinski definition) is 2. The van der Waals surface area contributed by atoms with Gasteiger partial charge in [-0.15, -0.1) is 11.3 Å². The smallest absolute Gasteiger partial charge is 0.244 e. The third-order valence-corrected chi connectivity index (χ3v) is 6.19. The molecule has 0 aliphatic heterocycles. The van der Waals surface area contributed by atoms with E-state index in [-0.39, 0.29) is 10.9 Å². The highest BCUT2D eigenvalue weighted by Gasteiger charge is 2.27. The minimum absolute atomic E-state index is 0.144. The van der Waals surface area contributed by atoms with E-state index in [1.54, 1.807) is 30.6 Å². The molecule has 21 heavy (non-hydrogen) atoms. The van der Waals surface area contributed by atoms with Crippen molar-refractivity contribution in [2.75, 3.05) is 12.4 Å². The van der Waals surface area contributed by atoms with Gasteiger partial charge in [-0.1, -0.05) is 0 Å². The number of anilines is 1. The molecule has 0 radical (unpaired) electrons. The van der Waals surface area contributed by atoms with Crippen LogP contribution >= 0.6 is 11.3 Å². The molecule has 112 valence electrons. The van der Waals surface area contributed by atoms with Crippen molar-refractivity contribution in [2.24, 2.45) is 0 Å². The first kappa shape index (κ1) is 14.5. The number of thiophene rings is 1. The summed E-state index contributed by atoms with van der Waals surface area (Å²) in [6.45, 7) is 0. The lowest BCUT2D eigenvalue weighted by atomic mass is 9.95. The minimum atomic E-state index is -3.59. The van der Waals surface area contributed by atoms with Gasteiger partial charge in [0.25, 0.3) is 0 Å². The van der Waals surface area contributed by atoms with E-state index in [9.17, 15) is 8.42 Å². The molecule has 2 aromatic heterocycles. The molecule has 2 N–H and O–H groups in total. The Labute approximate surface area is 128 Å². The van der Waals surface area contributed by atoms with Gasteiger partial charge in [-0.2, -0.15) is 0 Å². The Bertz CT molecular complexity index is 740. The van der Waals surface area contributed by atoms with E-state index in [4.69, 9.17) is 0 Å². The Morgan fingerprint density at radius 3 is 3.05 bits per heavy atom. The van der Waals surface area contributed by atoms with Gasteiger partial charge < -0.3 is 5.32 Å². The van der Waals surface area contributed by atoms with E-state index in [1.807, 2.05) is 11.4 Å². The maximum Gasteiger partial charge on any atom is 0.244 e. The van der Waals surface area contributed by atoms with Crippen LogP contribution in [0.4, 0.5) is 5.69 Å². The molecule has 7 heteroatoms. The summed E-state index contributed by atoms with van der Waals surface area (Å²) in [7, 11) is -1.89. The van der Waals surface area contributed by atoms with E-state index in [1.165, 1.54) is 11.1 Å². The van der Waals surface area contributed by atoms with Gasteiger partial charge in [0.1, 0.15) is 4.90 Å². The lowest BCUT2D eigenvalue weighted by Crippen LogP contribution is -2.31. The van der Waals surface area contributed by atoms with Crippen LogP contribution in [0.5, 0.6) is 0 Å². The van der Waals surface area contributed by atoms with Crippen LogP contribution in [0.3, 0.4) is 0 Å². The van der Waals surface area contributed by atoms with Crippen molar-refractivity contribution in [3.8, 4) is 0 Å². The molecule has 3 rings (SSSR count). The molecule has 0 saturated heterocycles. The number of hydrogen-bond acceptors (Lipinski definition) is 5. The van der Waals surface area contributed by atoms with Crippen LogP contribution in [0.15, 0.2) is 34.8 Å². The third kappa shape index (κ3) is 2.81. The second kappa shape index (κ2) is 5.75. The highest BCUT2D eigenvalue weighted by molar-refractivity contribution is 7.89. The van der Waals surface area contributed by atoms with E-state index >= 15 is 0 Å². The van der Waals surface area contributed by atoms with Crippen LogP contribution in [-0.4, -0.2) is 20.4 Å². The van der Waals surface area contributed by atoms with Gasteiger partial charge in [0.05, 0.1) is 5.69 Å². The van der Waals surface area contributed by atoms with Gasteiger partial charge in [0.2, 0.25) is 10.0 Å². The summed E-state index contributed by atoms with van der Waals surface area (Å²) < 4.78 is 28.1. The molecule has 0 amide bonds. The molecule has 1 atom stereocenters. The Morgan fingerprint density at radius 2 is 2.24 bits per heavy atom. The van der Waals surface area contributed by atoms with Gasteiger partial charge in [-0.3, -0.25) is 4.98 Å². The predicted molar refractivity (Wildman–Crippen MR) is 84.1 cm³/mol. The van der Waals surface area contributed by atoms with Crippen LogP contribution in [0.1, 0.15) is 29.3 Å². The lowest BCUT2D eigenvalue weighted by molar-refractivity contribution is 0.511. The second-order valence-corrected chi connectivity index (χ2v) is 7.67. The number of aryl methyl sites for hydroxylation is 1. The average molecular weight is 323 g/mol. The number of nitrogens with zero attached hydrogens (tertiary/aromatic N) is 1. The predicted octanol–water partition coefficient (Wildman–Crippen LogP) is 2.54. The first-order valence-corrected chi connectivity index (χ1v) is 9.18. The van der Waals surface area contributed by atoms with Crippen molar-refractivity contribution in [1.82, 2.24) is 9.71 Å². The maximum atomic E-state index is 12.6. The van der Waals surface area contributed by atoms with Crippen molar-refractivity contribution < 1.29 is 8.42 Å². The molecule has 0 spiro atoms. The SMILES string of the molecule is CNc1ccncc1S(=O)(=O)NC1CCCc2sccc21. The highest BCUT2D eigenvalue weighted by atomic mass is 32.2. The molecule has 1 unspecified atom stereocenters. The van der Waals surface area contributed by atoms with Gasteiger partial charge in [0.15, 0.2) is 0 Å². The summed E-state index contributed by atoms with van der Waals surface area (Å²) in [5, 5.41) is 4.92. The fourth-order valence-corrected chi connectivity index (χ4v) is 5.05. The Kier molecular flexibility index (Phi) is 3.97. The third-order valence-electron chi connectivity index (χ3n) is 3.69. The monoisotopic (exact) mass is 323 g/mol. The largest absolute Gasteiger partial charge is 0.387 e. The Hall–Kier alpha value is -1.44. The van der Waals surface area contributed by atoms with Crippen LogP contribution < -0.4 is 10.0 Å². The van der Waals surface area contributed by atoms with Crippen LogP contribution in [0.25, 0.3) is 0 Å². The fraction of sp³-hybridized carbons (Fsp3) is 0.357. The Balaban J connectivity index is 1.91. The van der Waals surface area contributed by atoms with Crippen molar-refractivity contribution in [1.29, 1.82) is 0 Å². The normalized spacial score (nSPS) is 18.2. The lowest BCUT2D eigenvalue weighted by Gasteiger charge is -2.24. The fourth-order valence-electron chi connectivity index (χ4n) is 2.66.